The highest BCUT2D eigenvalue weighted by molar-refractivity contribution is 6.36. The number of anilines is 1. The van der Waals surface area contributed by atoms with Crippen molar-refractivity contribution in [1.82, 2.24) is 4.98 Å². The molecule has 0 amide bonds. The summed E-state index contributed by atoms with van der Waals surface area (Å²) >= 11 is 6.22. The molecule has 1 fully saturated rings. The number of halogens is 3. The molecule has 0 radical (unpaired) electrons. The fraction of sp³-hybridized carbons (Fsp3) is 0.333. The first-order valence-electron chi connectivity index (χ1n) is 6.84. The first-order valence-corrected chi connectivity index (χ1v) is 7.22. The number of aromatic nitrogens is 1. The van der Waals surface area contributed by atoms with Crippen molar-refractivity contribution in [3.05, 3.63) is 34.4 Å². The normalized spacial score (nSPS) is 18.2. The van der Waals surface area contributed by atoms with Crippen LogP contribution in [0.3, 0.4) is 0 Å². The van der Waals surface area contributed by atoms with Crippen LogP contribution >= 0.6 is 11.6 Å². The Morgan fingerprint density at radius 1 is 1.45 bits per heavy atom. The molecule has 0 unspecified atom stereocenters. The molecule has 0 saturated carbocycles. The lowest BCUT2D eigenvalue weighted by atomic mass is 10.1. The summed E-state index contributed by atoms with van der Waals surface area (Å²) in [5, 5.41) is 9.47. The average molecular weight is 327 g/mol. The van der Waals surface area contributed by atoms with Gasteiger partial charge in [0.1, 0.15) is 23.5 Å². The Labute approximate surface area is 130 Å². The van der Waals surface area contributed by atoms with Crippen LogP contribution in [-0.2, 0) is 4.79 Å². The van der Waals surface area contributed by atoms with Gasteiger partial charge in [0.15, 0.2) is 0 Å². The SMILES string of the molecule is Cc1c(N2CCC[C@@H]2C(=O)O)nc2cc(F)cc(F)c2c1Cl. The van der Waals surface area contributed by atoms with Crippen molar-refractivity contribution in [3.8, 4) is 0 Å². The van der Waals surface area contributed by atoms with Crippen molar-refractivity contribution in [2.45, 2.75) is 25.8 Å². The molecule has 1 saturated heterocycles. The Hall–Kier alpha value is -1.95. The van der Waals surface area contributed by atoms with Gasteiger partial charge in [-0.15, -0.1) is 0 Å². The quantitative estimate of drug-likeness (QED) is 0.917. The Bertz CT molecular complexity index is 782. The molecular formula is C15H13ClF2N2O2. The molecular weight excluding hydrogens is 314 g/mol. The molecule has 2 heterocycles. The van der Waals surface area contributed by atoms with Crippen molar-refractivity contribution in [2.24, 2.45) is 0 Å². The minimum atomic E-state index is -0.944. The van der Waals surface area contributed by atoms with Crippen molar-refractivity contribution < 1.29 is 18.7 Å². The molecule has 0 spiro atoms. The predicted octanol–water partition coefficient (Wildman–Crippen LogP) is 3.53. The van der Waals surface area contributed by atoms with Crippen LogP contribution in [0.4, 0.5) is 14.6 Å². The van der Waals surface area contributed by atoms with Crippen LogP contribution in [0.25, 0.3) is 10.9 Å². The maximum absolute atomic E-state index is 13.9. The minimum Gasteiger partial charge on any atom is -0.480 e. The van der Waals surface area contributed by atoms with Crippen LogP contribution in [0, 0.1) is 18.6 Å². The number of rotatable bonds is 2. The number of benzene rings is 1. The second kappa shape index (κ2) is 5.35. The highest BCUT2D eigenvalue weighted by Gasteiger charge is 2.33. The molecule has 1 aliphatic rings. The maximum Gasteiger partial charge on any atom is 0.326 e. The predicted molar refractivity (Wildman–Crippen MR) is 79.4 cm³/mol. The molecule has 2 aromatic rings. The summed E-state index contributed by atoms with van der Waals surface area (Å²) in [6, 6.07) is 1.16. The zero-order valence-electron chi connectivity index (χ0n) is 11.7. The van der Waals surface area contributed by atoms with E-state index in [4.69, 9.17) is 11.6 Å². The summed E-state index contributed by atoms with van der Waals surface area (Å²) in [5.74, 6) is -2.11. The number of pyridine rings is 1. The monoisotopic (exact) mass is 326 g/mol. The number of aliphatic carboxylic acids is 1. The number of carboxylic acid groups (broad SMARTS) is 1. The number of hydrogen-bond donors (Lipinski definition) is 1. The largest absolute Gasteiger partial charge is 0.480 e. The van der Waals surface area contributed by atoms with Crippen LogP contribution in [0.2, 0.25) is 5.02 Å². The summed E-state index contributed by atoms with van der Waals surface area (Å²) in [7, 11) is 0. The van der Waals surface area contributed by atoms with E-state index in [1.165, 1.54) is 0 Å². The zero-order valence-corrected chi connectivity index (χ0v) is 12.5. The van der Waals surface area contributed by atoms with Gasteiger partial charge >= 0.3 is 5.97 Å². The third-order valence-corrected chi connectivity index (χ3v) is 4.43. The summed E-state index contributed by atoms with van der Waals surface area (Å²) in [5.41, 5.74) is 0.576. The van der Waals surface area contributed by atoms with Gasteiger partial charge in [-0.25, -0.2) is 18.6 Å². The van der Waals surface area contributed by atoms with E-state index in [1.54, 1.807) is 11.8 Å². The van der Waals surface area contributed by atoms with E-state index in [-0.39, 0.29) is 15.9 Å². The summed E-state index contributed by atoms with van der Waals surface area (Å²) < 4.78 is 27.3. The first kappa shape index (κ1) is 15.0. The molecule has 1 aliphatic heterocycles. The summed E-state index contributed by atoms with van der Waals surface area (Å²) in [4.78, 5) is 17.2. The van der Waals surface area contributed by atoms with Gasteiger partial charge < -0.3 is 10.0 Å². The van der Waals surface area contributed by atoms with E-state index in [2.05, 4.69) is 4.98 Å². The molecule has 1 aromatic carbocycles. The molecule has 22 heavy (non-hydrogen) atoms. The number of carbonyl (C=O) groups is 1. The molecule has 0 aliphatic carbocycles. The summed E-state index contributed by atoms with van der Waals surface area (Å²) in [6.07, 6.45) is 1.22. The molecule has 1 aromatic heterocycles. The van der Waals surface area contributed by atoms with Gasteiger partial charge in [-0.1, -0.05) is 11.6 Å². The fourth-order valence-electron chi connectivity index (χ4n) is 2.91. The molecule has 7 heteroatoms. The fourth-order valence-corrected chi connectivity index (χ4v) is 3.18. The highest BCUT2D eigenvalue weighted by atomic mass is 35.5. The van der Waals surface area contributed by atoms with Gasteiger partial charge in [0.2, 0.25) is 0 Å². The average Bonchev–Trinajstić information content (AvgIpc) is 2.91. The number of hydrogen-bond acceptors (Lipinski definition) is 3. The number of fused-ring (bicyclic) bond motifs is 1. The molecule has 4 nitrogen and oxygen atoms in total. The molecule has 1 atom stereocenters. The van der Waals surface area contributed by atoms with Crippen molar-refractivity contribution in [3.63, 3.8) is 0 Å². The second-order valence-corrected chi connectivity index (χ2v) is 5.72. The van der Waals surface area contributed by atoms with Crippen LogP contribution in [-0.4, -0.2) is 28.6 Å². The van der Waals surface area contributed by atoms with Crippen LogP contribution < -0.4 is 4.90 Å². The van der Waals surface area contributed by atoms with Crippen LogP contribution in [0.1, 0.15) is 18.4 Å². The maximum atomic E-state index is 13.9. The minimum absolute atomic E-state index is 0.0513. The van der Waals surface area contributed by atoms with Gasteiger partial charge in [0, 0.05) is 24.2 Å². The number of nitrogens with zero attached hydrogens (tertiary/aromatic N) is 2. The molecule has 116 valence electrons. The second-order valence-electron chi connectivity index (χ2n) is 5.35. The van der Waals surface area contributed by atoms with E-state index < -0.39 is 23.6 Å². The Morgan fingerprint density at radius 3 is 2.86 bits per heavy atom. The zero-order chi connectivity index (χ0) is 16.0. The lowest BCUT2D eigenvalue weighted by Crippen LogP contribution is -2.37. The van der Waals surface area contributed by atoms with Crippen molar-refractivity contribution in [2.75, 3.05) is 11.4 Å². The summed E-state index contributed by atoms with van der Waals surface area (Å²) in [6.45, 7) is 2.18. The molecule has 3 rings (SSSR count). The Kier molecular flexibility index (Phi) is 3.64. The molecule has 1 N–H and O–H groups in total. The first-order chi connectivity index (χ1) is 10.4. The van der Waals surface area contributed by atoms with E-state index in [1.807, 2.05) is 0 Å². The Balaban J connectivity index is 2.23. The molecule has 0 bridgehead atoms. The number of carboxylic acids is 1. The van der Waals surface area contributed by atoms with Crippen LogP contribution in [0.15, 0.2) is 12.1 Å². The Morgan fingerprint density at radius 2 is 2.18 bits per heavy atom. The lowest BCUT2D eigenvalue weighted by Gasteiger charge is -2.25. The van der Waals surface area contributed by atoms with Gasteiger partial charge in [-0.05, 0) is 19.8 Å². The van der Waals surface area contributed by atoms with Gasteiger partial charge in [0.05, 0.1) is 15.9 Å². The van der Waals surface area contributed by atoms with E-state index in [9.17, 15) is 18.7 Å². The third-order valence-electron chi connectivity index (χ3n) is 3.95. The van der Waals surface area contributed by atoms with Crippen LogP contribution in [0.5, 0.6) is 0 Å². The van der Waals surface area contributed by atoms with Gasteiger partial charge in [-0.3, -0.25) is 0 Å². The van der Waals surface area contributed by atoms with Gasteiger partial charge in [-0.2, -0.15) is 0 Å². The van der Waals surface area contributed by atoms with Crippen molar-refractivity contribution >= 4 is 34.3 Å². The third kappa shape index (κ3) is 2.27. The van der Waals surface area contributed by atoms with Gasteiger partial charge in [0.25, 0.3) is 0 Å². The van der Waals surface area contributed by atoms with E-state index in [0.29, 0.717) is 30.8 Å². The van der Waals surface area contributed by atoms with Crippen molar-refractivity contribution in [1.29, 1.82) is 0 Å². The topological polar surface area (TPSA) is 53.4 Å². The smallest absolute Gasteiger partial charge is 0.326 e. The highest BCUT2D eigenvalue weighted by Crippen LogP contribution is 2.36. The standard InChI is InChI=1S/C15H13ClF2N2O2/c1-7-13(16)12-9(18)5-8(17)6-10(12)19-14(7)20-4-2-3-11(20)15(21)22/h5-6,11H,2-4H2,1H3,(H,21,22)/t11-/m1/s1. The lowest BCUT2D eigenvalue weighted by molar-refractivity contribution is -0.138. The van der Waals surface area contributed by atoms with E-state index >= 15 is 0 Å². The van der Waals surface area contributed by atoms with E-state index in [0.717, 1.165) is 12.1 Å².